The summed E-state index contributed by atoms with van der Waals surface area (Å²) in [5, 5.41) is 3.13. The van der Waals surface area contributed by atoms with Crippen LogP contribution in [0.2, 0.25) is 0 Å². The number of amides is 1. The molecule has 0 unspecified atom stereocenters. The number of carbonyl (C=O) groups excluding carboxylic acids is 1. The molecule has 28 heavy (non-hydrogen) atoms. The van der Waals surface area contributed by atoms with Gasteiger partial charge in [-0.2, -0.15) is 0 Å². The number of halogens is 2. The second-order valence-corrected chi connectivity index (χ2v) is 7.68. The quantitative estimate of drug-likeness (QED) is 0.371. The van der Waals surface area contributed by atoms with Crippen LogP contribution < -0.4 is 14.8 Å². The Hall–Kier alpha value is -2.51. The van der Waals surface area contributed by atoms with Crippen LogP contribution in [-0.4, -0.2) is 24.8 Å². The Kier molecular flexibility index (Phi) is 6.59. The van der Waals surface area contributed by atoms with Gasteiger partial charge in [0.1, 0.15) is 12.4 Å². The van der Waals surface area contributed by atoms with Crippen molar-refractivity contribution in [2.45, 2.75) is 0 Å². The predicted octanol–water partition coefficient (Wildman–Crippen LogP) is 4.34. The van der Waals surface area contributed by atoms with E-state index in [1.807, 2.05) is 6.07 Å². The molecule has 5 nitrogen and oxygen atoms in total. The average Bonchev–Trinajstić information content (AvgIpc) is 3.01. The van der Waals surface area contributed by atoms with Crippen LogP contribution in [0.1, 0.15) is 5.56 Å². The summed E-state index contributed by atoms with van der Waals surface area (Å²) in [6.07, 6.45) is 6.98. The molecule has 1 saturated heterocycles. The minimum atomic E-state index is -0.342. The van der Waals surface area contributed by atoms with Crippen LogP contribution in [-0.2, 0) is 4.79 Å². The lowest BCUT2D eigenvalue weighted by Gasteiger charge is -2.12. The van der Waals surface area contributed by atoms with E-state index in [1.54, 1.807) is 24.3 Å². The zero-order valence-corrected chi connectivity index (χ0v) is 17.6. The molecule has 0 aliphatic carbocycles. The number of amidine groups is 1. The first-order valence-corrected chi connectivity index (χ1v) is 9.88. The summed E-state index contributed by atoms with van der Waals surface area (Å²) in [6.45, 7) is 0.133. The molecule has 8 heteroatoms. The number of terminal acetylenes is 1. The molecule has 0 bridgehead atoms. The van der Waals surface area contributed by atoms with Crippen LogP contribution in [0, 0.1) is 21.7 Å². The minimum Gasteiger partial charge on any atom is -0.493 e. The van der Waals surface area contributed by atoms with E-state index in [0.29, 0.717) is 27.3 Å². The molecule has 3 rings (SSSR count). The number of benzene rings is 2. The molecule has 1 fully saturated rings. The van der Waals surface area contributed by atoms with Crippen molar-refractivity contribution < 1.29 is 18.7 Å². The van der Waals surface area contributed by atoms with Crippen molar-refractivity contribution in [3.05, 3.63) is 56.3 Å². The highest BCUT2D eigenvalue weighted by Gasteiger charge is 2.24. The zero-order chi connectivity index (χ0) is 20.1. The first kappa shape index (κ1) is 20.2. The Labute approximate surface area is 179 Å². The van der Waals surface area contributed by atoms with Crippen molar-refractivity contribution in [2.24, 2.45) is 4.99 Å². The number of nitrogens with one attached hydrogen (secondary N) is 1. The molecule has 1 N–H and O–H groups in total. The van der Waals surface area contributed by atoms with E-state index in [4.69, 9.17) is 15.9 Å². The lowest BCUT2D eigenvalue weighted by molar-refractivity contribution is -0.115. The number of rotatable bonds is 5. The average molecular weight is 508 g/mol. The van der Waals surface area contributed by atoms with Gasteiger partial charge < -0.3 is 14.8 Å². The highest BCUT2D eigenvalue weighted by atomic mass is 127. The van der Waals surface area contributed by atoms with Crippen LogP contribution in [0.3, 0.4) is 0 Å². The Morgan fingerprint density at radius 3 is 2.79 bits per heavy atom. The predicted molar refractivity (Wildman–Crippen MR) is 117 cm³/mol. The van der Waals surface area contributed by atoms with Gasteiger partial charge in [0.05, 0.1) is 21.3 Å². The van der Waals surface area contributed by atoms with Crippen LogP contribution in [0.25, 0.3) is 6.08 Å². The molecule has 142 valence electrons. The number of aliphatic imine (C=N–C) groups is 1. The van der Waals surface area contributed by atoms with E-state index in [0.717, 1.165) is 9.13 Å². The molecule has 0 saturated carbocycles. The summed E-state index contributed by atoms with van der Waals surface area (Å²) in [7, 11) is 1.54. The third-order valence-corrected chi connectivity index (χ3v) is 5.27. The lowest BCUT2D eigenvalue weighted by atomic mass is 10.2. The molecule has 0 spiro atoms. The van der Waals surface area contributed by atoms with Gasteiger partial charge in [0, 0.05) is 0 Å². The van der Waals surface area contributed by atoms with Gasteiger partial charge in [-0.1, -0.05) is 5.92 Å². The highest BCUT2D eigenvalue weighted by molar-refractivity contribution is 14.1. The summed E-state index contributed by atoms with van der Waals surface area (Å²) in [4.78, 5) is 17.1. The van der Waals surface area contributed by atoms with Crippen LogP contribution in [0.4, 0.5) is 10.1 Å². The molecule has 2 aromatic rings. The Balaban J connectivity index is 1.85. The lowest BCUT2D eigenvalue weighted by Crippen LogP contribution is -2.19. The Morgan fingerprint density at radius 2 is 2.11 bits per heavy atom. The number of hydrogen-bond donors (Lipinski definition) is 1. The van der Waals surface area contributed by atoms with Crippen LogP contribution in [0.5, 0.6) is 11.5 Å². The van der Waals surface area contributed by atoms with E-state index in [2.05, 4.69) is 38.8 Å². The van der Waals surface area contributed by atoms with Crippen molar-refractivity contribution in [3.63, 3.8) is 0 Å². The standard InChI is InChI=1S/C20H14FIN2O3S/c1-3-8-27-18-15(22)9-12(10-16(18)26-2)11-17-19(25)24-20(28-17)23-14-6-4-13(21)5-7-14/h1,4-7,9-11H,8H2,2H3,(H,23,24,25)/b17-11+. The van der Waals surface area contributed by atoms with Gasteiger partial charge in [0.25, 0.3) is 5.91 Å². The van der Waals surface area contributed by atoms with Gasteiger partial charge in [-0.3, -0.25) is 4.79 Å². The van der Waals surface area contributed by atoms with Crippen molar-refractivity contribution >= 4 is 57.2 Å². The molecule has 2 aromatic carbocycles. The molecule has 0 radical (unpaired) electrons. The normalized spacial score (nSPS) is 16.1. The summed E-state index contributed by atoms with van der Waals surface area (Å²) in [5.41, 5.74) is 1.33. The number of nitrogens with zero attached hydrogens (tertiary/aromatic N) is 1. The number of carbonyl (C=O) groups is 1. The number of hydrogen-bond acceptors (Lipinski definition) is 5. The van der Waals surface area contributed by atoms with Gasteiger partial charge in [-0.25, -0.2) is 9.38 Å². The maximum atomic E-state index is 13.0. The van der Waals surface area contributed by atoms with E-state index in [-0.39, 0.29) is 18.3 Å². The number of methoxy groups -OCH3 is 1. The first-order chi connectivity index (χ1) is 13.5. The Bertz CT molecular complexity index is 1010. The van der Waals surface area contributed by atoms with Crippen LogP contribution >= 0.6 is 34.4 Å². The maximum Gasteiger partial charge on any atom is 0.264 e. The topological polar surface area (TPSA) is 59.9 Å². The second-order valence-electron chi connectivity index (χ2n) is 5.49. The van der Waals surface area contributed by atoms with E-state index in [1.165, 1.54) is 31.0 Å². The van der Waals surface area contributed by atoms with Gasteiger partial charge in [0.15, 0.2) is 16.7 Å². The van der Waals surface area contributed by atoms with E-state index >= 15 is 0 Å². The third-order valence-electron chi connectivity index (χ3n) is 3.56. The first-order valence-electron chi connectivity index (χ1n) is 7.99. The van der Waals surface area contributed by atoms with Gasteiger partial charge >= 0.3 is 0 Å². The third kappa shape index (κ3) is 4.85. The van der Waals surface area contributed by atoms with Crippen LogP contribution in [0.15, 0.2) is 46.3 Å². The molecule has 0 aromatic heterocycles. The highest BCUT2D eigenvalue weighted by Crippen LogP contribution is 2.36. The summed E-state index contributed by atoms with van der Waals surface area (Å²) >= 11 is 3.33. The van der Waals surface area contributed by atoms with Crippen molar-refractivity contribution in [2.75, 3.05) is 13.7 Å². The summed E-state index contributed by atoms with van der Waals surface area (Å²) in [5.74, 6) is 2.91. The second kappa shape index (κ2) is 9.12. The SMILES string of the molecule is C#CCOc1c(I)cc(/C=C2/SC(=Nc3ccc(F)cc3)NC2=O)cc1OC. The molecule has 1 amide bonds. The molecular weight excluding hydrogens is 494 g/mol. The molecule has 1 aliphatic rings. The van der Waals surface area contributed by atoms with E-state index < -0.39 is 0 Å². The molecule has 1 aliphatic heterocycles. The zero-order valence-electron chi connectivity index (χ0n) is 14.7. The molecule has 0 atom stereocenters. The molecule has 1 heterocycles. The minimum absolute atomic E-state index is 0.133. The smallest absolute Gasteiger partial charge is 0.264 e. The summed E-state index contributed by atoms with van der Waals surface area (Å²) in [6, 6.07) is 9.35. The monoisotopic (exact) mass is 508 g/mol. The molecular formula is C20H14FIN2O3S. The Morgan fingerprint density at radius 1 is 1.36 bits per heavy atom. The van der Waals surface area contributed by atoms with Crippen molar-refractivity contribution in [1.29, 1.82) is 0 Å². The van der Waals surface area contributed by atoms with Crippen molar-refractivity contribution in [1.82, 2.24) is 5.32 Å². The number of ether oxygens (including phenoxy) is 2. The fourth-order valence-electron chi connectivity index (χ4n) is 2.34. The maximum absolute atomic E-state index is 13.0. The van der Waals surface area contributed by atoms with E-state index in [9.17, 15) is 9.18 Å². The fourth-order valence-corrected chi connectivity index (χ4v) is 3.96. The van der Waals surface area contributed by atoms with Gasteiger partial charge in [0.2, 0.25) is 0 Å². The number of thioether (sulfide) groups is 1. The van der Waals surface area contributed by atoms with Gasteiger partial charge in [-0.15, -0.1) is 6.42 Å². The summed E-state index contributed by atoms with van der Waals surface area (Å²) < 4.78 is 24.7. The fraction of sp³-hybridized carbons (Fsp3) is 0.100. The largest absolute Gasteiger partial charge is 0.493 e. The van der Waals surface area contributed by atoms with Gasteiger partial charge in [-0.05, 0) is 82.4 Å². The van der Waals surface area contributed by atoms with Crippen molar-refractivity contribution in [3.8, 4) is 23.8 Å².